The van der Waals surface area contributed by atoms with Crippen molar-refractivity contribution in [3.8, 4) is 0 Å². The van der Waals surface area contributed by atoms with Crippen LogP contribution in [0.1, 0.15) is 19.3 Å². The molecule has 0 saturated heterocycles. The Morgan fingerprint density at radius 1 is 1.36 bits per heavy atom. The first-order valence-corrected chi connectivity index (χ1v) is 4.58. The Kier molecular flexibility index (Phi) is 3.91. The van der Waals surface area contributed by atoms with E-state index in [4.69, 9.17) is 10.5 Å². The molecule has 0 aromatic rings. The van der Waals surface area contributed by atoms with Gasteiger partial charge in [0.1, 0.15) is 6.10 Å². The molecule has 4 N–H and O–H groups in total. The molecule has 5 heteroatoms. The third-order valence-corrected chi connectivity index (χ3v) is 2.12. The molecule has 1 aliphatic carbocycles. The van der Waals surface area contributed by atoms with Gasteiger partial charge >= 0.3 is 6.09 Å². The van der Waals surface area contributed by atoms with E-state index in [0.29, 0.717) is 19.3 Å². The van der Waals surface area contributed by atoms with Crippen LogP contribution in [0.4, 0.5) is 4.79 Å². The number of hydrogen-bond donors (Lipinski definition) is 3. The van der Waals surface area contributed by atoms with Crippen molar-refractivity contribution in [2.24, 2.45) is 5.73 Å². The lowest BCUT2D eigenvalue weighted by atomic mass is 10.00. The summed E-state index contributed by atoms with van der Waals surface area (Å²) in [7, 11) is 0. The molecular formula is C9H15NO4. The number of hydrogen-bond acceptors (Lipinski definition) is 4. The van der Waals surface area contributed by atoms with E-state index in [1.807, 2.05) is 0 Å². The molecule has 0 fully saturated rings. The molecule has 0 radical (unpaired) electrons. The Morgan fingerprint density at radius 3 is 2.71 bits per heavy atom. The maximum atomic E-state index is 10.5. The maximum Gasteiger partial charge on any atom is 0.405 e. The van der Waals surface area contributed by atoms with Crippen LogP contribution in [0, 0.1) is 0 Å². The minimum Gasteiger partial charge on any atom is -0.442 e. The Balaban J connectivity index is 2.58. The molecular weight excluding hydrogens is 186 g/mol. The van der Waals surface area contributed by atoms with Gasteiger partial charge < -0.3 is 20.7 Å². The van der Waals surface area contributed by atoms with Crippen molar-refractivity contribution in [2.45, 2.75) is 37.6 Å². The first-order chi connectivity index (χ1) is 6.58. The summed E-state index contributed by atoms with van der Waals surface area (Å²) < 4.78 is 4.73. The summed E-state index contributed by atoms with van der Waals surface area (Å²) in [5, 5.41) is 18.8. The highest BCUT2D eigenvalue weighted by Crippen LogP contribution is 2.15. The predicted molar refractivity (Wildman–Crippen MR) is 49.5 cm³/mol. The molecule has 3 unspecified atom stereocenters. The molecule has 0 aromatic carbocycles. The summed E-state index contributed by atoms with van der Waals surface area (Å²) in [4.78, 5) is 10.5. The number of carbonyl (C=O) groups excluding carboxylic acids is 1. The number of carbonyl (C=O) groups is 1. The second kappa shape index (κ2) is 4.97. The zero-order chi connectivity index (χ0) is 10.6. The lowest BCUT2D eigenvalue weighted by Crippen LogP contribution is -2.27. The number of amides is 1. The van der Waals surface area contributed by atoms with Gasteiger partial charge in [0.05, 0.1) is 12.2 Å². The molecule has 0 heterocycles. The van der Waals surface area contributed by atoms with Crippen LogP contribution in [-0.2, 0) is 4.74 Å². The SMILES string of the molecule is NC(=O)OC1C=CC(O)CCC(O)C1. The molecule has 14 heavy (non-hydrogen) atoms. The van der Waals surface area contributed by atoms with Gasteiger partial charge in [0, 0.05) is 6.42 Å². The quantitative estimate of drug-likeness (QED) is 0.517. The van der Waals surface area contributed by atoms with Gasteiger partial charge in [-0.2, -0.15) is 0 Å². The van der Waals surface area contributed by atoms with Crippen LogP contribution in [0.2, 0.25) is 0 Å². The minimum atomic E-state index is -0.873. The molecule has 0 bridgehead atoms. The van der Waals surface area contributed by atoms with E-state index in [2.05, 4.69) is 0 Å². The molecule has 1 amide bonds. The third-order valence-electron chi connectivity index (χ3n) is 2.12. The van der Waals surface area contributed by atoms with Gasteiger partial charge in [-0.1, -0.05) is 6.08 Å². The van der Waals surface area contributed by atoms with Gasteiger partial charge in [-0.25, -0.2) is 4.79 Å². The fourth-order valence-corrected chi connectivity index (χ4v) is 1.41. The molecule has 0 spiro atoms. The summed E-state index contributed by atoms with van der Waals surface area (Å²) in [6.07, 6.45) is 1.86. The summed E-state index contributed by atoms with van der Waals surface area (Å²) in [5.41, 5.74) is 4.85. The van der Waals surface area contributed by atoms with Crippen LogP contribution in [-0.4, -0.2) is 34.6 Å². The Morgan fingerprint density at radius 2 is 2.07 bits per heavy atom. The zero-order valence-electron chi connectivity index (χ0n) is 7.80. The van der Waals surface area contributed by atoms with Gasteiger partial charge in [0.15, 0.2) is 0 Å². The fraction of sp³-hybridized carbons (Fsp3) is 0.667. The molecule has 0 aliphatic heterocycles. The van der Waals surface area contributed by atoms with Gasteiger partial charge in [0.2, 0.25) is 0 Å². The molecule has 1 aliphatic rings. The average molecular weight is 201 g/mol. The van der Waals surface area contributed by atoms with Gasteiger partial charge in [-0.3, -0.25) is 0 Å². The second-order valence-corrected chi connectivity index (χ2v) is 3.39. The average Bonchev–Trinajstić information content (AvgIpc) is 2.08. The normalized spacial score (nSPS) is 33.1. The standard InChI is InChI=1S/C9H15NO4/c10-9(13)14-8-4-3-6(11)1-2-7(12)5-8/h3-4,6-8,11-12H,1-2,5H2,(H2,10,13). The number of aliphatic hydroxyl groups excluding tert-OH is 2. The third kappa shape index (κ3) is 3.76. The number of aliphatic hydroxyl groups is 2. The van der Waals surface area contributed by atoms with Crippen molar-refractivity contribution < 1.29 is 19.7 Å². The highest BCUT2D eigenvalue weighted by Gasteiger charge is 2.18. The van der Waals surface area contributed by atoms with Gasteiger partial charge in [-0.15, -0.1) is 0 Å². The molecule has 5 nitrogen and oxygen atoms in total. The van der Waals surface area contributed by atoms with Gasteiger partial charge in [-0.05, 0) is 18.9 Å². The zero-order valence-corrected chi connectivity index (χ0v) is 7.80. The fourth-order valence-electron chi connectivity index (χ4n) is 1.41. The van der Waals surface area contributed by atoms with Crippen LogP contribution in [0.5, 0.6) is 0 Å². The summed E-state index contributed by atoms with van der Waals surface area (Å²) in [5.74, 6) is 0. The van der Waals surface area contributed by atoms with Crippen molar-refractivity contribution in [3.05, 3.63) is 12.2 Å². The largest absolute Gasteiger partial charge is 0.442 e. The molecule has 80 valence electrons. The van der Waals surface area contributed by atoms with Crippen LogP contribution < -0.4 is 5.73 Å². The van der Waals surface area contributed by atoms with E-state index >= 15 is 0 Å². The van der Waals surface area contributed by atoms with E-state index < -0.39 is 24.4 Å². The summed E-state index contributed by atoms with van der Waals surface area (Å²) >= 11 is 0. The van der Waals surface area contributed by atoms with Crippen LogP contribution in [0.3, 0.4) is 0 Å². The van der Waals surface area contributed by atoms with E-state index in [1.165, 1.54) is 0 Å². The smallest absolute Gasteiger partial charge is 0.405 e. The number of rotatable bonds is 1. The van der Waals surface area contributed by atoms with Crippen molar-refractivity contribution in [1.82, 2.24) is 0 Å². The first-order valence-electron chi connectivity index (χ1n) is 4.58. The first kappa shape index (κ1) is 11.0. The predicted octanol–water partition coefficient (Wildman–Crippen LogP) is -0.0878. The topological polar surface area (TPSA) is 92.8 Å². The Bertz CT molecular complexity index is 229. The summed E-state index contributed by atoms with van der Waals surface area (Å²) in [6.45, 7) is 0. The highest BCUT2D eigenvalue weighted by molar-refractivity contribution is 5.65. The lowest BCUT2D eigenvalue weighted by Gasteiger charge is -2.20. The van der Waals surface area contributed by atoms with E-state index in [-0.39, 0.29) is 0 Å². The minimum absolute atomic E-state index is 0.326. The monoisotopic (exact) mass is 201 g/mol. The van der Waals surface area contributed by atoms with E-state index in [1.54, 1.807) is 12.2 Å². The highest BCUT2D eigenvalue weighted by atomic mass is 16.6. The lowest BCUT2D eigenvalue weighted by molar-refractivity contribution is 0.0635. The van der Waals surface area contributed by atoms with Crippen molar-refractivity contribution in [2.75, 3.05) is 0 Å². The Hall–Kier alpha value is -1.07. The van der Waals surface area contributed by atoms with Gasteiger partial charge in [0.25, 0.3) is 0 Å². The molecule has 3 atom stereocenters. The number of nitrogens with two attached hydrogens (primary N) is 1. The molecule has 0 aromatic heterocycles. The van der Waals surface area contributed by atoms with Crippen molar-refractivity contribution >= 4 is 6.09 Å². The molecule has 0 saturated carbocycles. The number of ether oxygens (including phenoxy) is 1. The van der Waals surface area contributed by atoms with Crippen molar-refractivity contribution in [3.63, 3.8) is 0 Å². The van der Waals surface area contributed by atoms with Crippen LogP contribution in [0.15, 0.2) is 12.2 Å². The number of primary amides is 1. The Labute approximate surface area is 82.2 Å². The maximum absolute atomic E-state index is 10.5. The van der Waals surface area contributed by atoms with Crippen LogP contribution >= 0.6 is 0 Å². The van der Waals surface area contributed by atoms with Crippen LogP contribution in [0.25, 0.3) is 0 Å². The summed E-state index contributed by atoms with van der Waals surface area (Å²) in [6, 6.07) is 0. The second-order valence-electron chi connectivity index (χ2n) is 3.39. The van der Waals surface area contributed by atoms with E-state index in [9.17, 15) is 15.0 Å². The molecule has 1 rings (SSSR count). The van der Waals surface area contributed by atoms with Crippen molar-refractivity contribution in [1.29, 1.82) is 0 Å². The van der Waals surface area contributed by atoms with E-state index in [0.717, 1.165) is 0 Å².